The number of hydrogen-bond donors (Lipinski definition) is 1. The molecule has 2 N–H and O–H groups in total. The van der Waals surface area contributed by atoms with Crippen LogP contribution in [0.2, 0.25) is 0 Å². The third-order valence-electron chi connectivity index (χ3n) is 3.08. The first-order valence-electron chi connectivity index (χ1n) is 6.66. The Morgan fingerprint density at radius 2 is 1.71 bits per heavy atom. The van der Waals surface area contributed by atoms with Crippen molar-refractivity contribution in [1.29, 1.82) is 0 Å². The van der Waals surface area contributed by atoms with Gasteiger partial charge in [0.15, 0.2) is 17.5 Å². The molecule has 0 amide bonds. The van der Waals surface area contributed by atoms with Crippen molar-refractivity contribution in [3.63, 3.8) is 0 Å². The SMILES string of the molecule is CCCOc1ccccc1C(N)c1cc(F)c(F)c(F)c1. The lowest BCUT2D eigenvalue weighted by Crippen LogP contribution is -2.15. The van der Waals surface area contributed by atoms with Gasteiger partial charge >= 0.3 is 0 Å². The first-order valence-corrected chi connectivity index (χ1v) is 6.66. The smallest absolute Gasteiger partial charge is 0.194 e. The molecule has 2 rings (SSSR count). The highest BCUT2D eigenvalue weighted by atomic mass is 19.2. The zero-order chi connectivity index (χ0) is 15.4. The summed E-state index contributed by atoms with van der Waals surface area (Å²) in [5.41, 5.74) is 6.79. The largest absolute Gasteiger partial charge is 0.493 e. The molecule has 0 saturated heterocycles. The van der Waals surface area contributed by atoms with Crippen LogP contribution in [0.15, 0.2) is 36.4 Å². The summed E-state index contributed by atoms with van der Waals surface area (Å²) in [5, 5.41) is 0. The van der Waals surface area contributed by atoms with Crippen molar-refractivity contribution < 1.29 is 17.9 Å². The van der Waals surface area contributed by atoms with Gasteiger partial charge in [-0.3, -0.25) is 0 Å². The zero-order valence-electron chi connectivity index (χ0n) is 11.6. The summed E-state index contributed by atoms with van der Waals surface area (Å²) < 4.78 is 45.2. The Hall–Kier alpha value is -2.01. The molecule has 112 valence electrons. The fourth-order valence-corrected chi connectivity index (χ4v) is 2.02. The van der Waals surface area contributed by atoms with Crippen molar-refractivity contribution >= 4 is 0 Å². The van der Waals surface area contributed by atoms with E-state index < -0.39 is 23.5 Å². The van der Waals surface area contributed by atoms with Crippen LogP contribution >= 0.6 is 0 Å². The Labute approximate surface area is 121 Å². The van der Waals surface area contributed by atoms with Gasteiger partial charge in [-0.25, -0.2) is 13.2 Å². The van der Waals surface area contributed by atoms with Gasteiger partial charge < -0.3 is 10.5 Å². The molecule has 2 aromatic rings. The van der Waals surface area contributed by atoms with Gasteiger partial charge in [0.25, 0.3) is 0 Å². The Morgan fingerprint density at radius 3 is 2.33 bits per heavy atom. The van der Waals surface area contributed by atoms with Gasteiger partial charge in [0.2, 0.25) is 0 Å². The average Bonchev–Trinajstić information content (AvgIpc) is 2.49. The Balaban J connectivity index is 2.38. The van der Waals surface area contributed by atoms with E-state index in [4.69, 9.17) is 10.5 Å². The van der Waals surface area contributed by atoms with Crippen LogP contribution in [-0.2, 0) is 0 Å². The lowest BCUT2D eigenvalue weighted by Gasteiger charge is -2.17. The summed E-state index contributed by atoms with van der Waals surface area (Å²) in [6.07, 6.45) is 0.823. The van der Waals surface area contributed by atoms with Gasteiger partial charge in [0.05, 0.1) is 12.6 Å². The van der Waals surface area contributed by atoms with E-state index in [1.165, 1.54) is 0 Å². The Bertz CT molecular complexity index is 608. The minimum atomic E-state index is -1.50. The summed E-state index contributed by atoms with van der Waals surface area (Å²) in [7, 11) is 0. The predicted molar refractivity (Wildman–Crippen MR) is 74.6 cm³/mol. The van der Waals surface area contributed by atoms with E-state index in [0.717, 1.165) is 18.6 Å². The van der Waals surface area contributed by atoms with Crippen molar-refractivity contribution in [1.82, 2.24) is 0 Å². The van der Waals surface area contributed by atoms with Crippen LogP contribution < -0.4 is 10.5 Å². The van der Waals surface area contributed by atoms with Crippen molar-refractivity contribution in [3.05, 3.63) is 65.0 Å². The number of nitrogens with two attached hydrogens (primary N) is 1. The summed E-state index contributed by atoms with van der Waals surface area (Å²) in [5.74, 6) is -3.46. The van der Waals surface area contributed by atoms with Gasteiger partial charge in [-0.1, -0.05) is 25.1 Å². The standard InChI is InChI=1S/C16H16F3NO/c1-2-7-21-14-6-4-3-5-11(14)16(20)10-8-12(17)15(19)13(18)9-10/h3-6,8-9,16H,2,7,20H2,1H3. The normalized spacial score (nSPS) is 12.2. The number of rotatable bonds is 5. The number of halogens is 3. The molecular formula is C16H16F3NO. The average molecular weight is 295 g/mol. The summed E-state index contributed by atoms with van der Waals surface area (Å²) in [4.78, 5) is 0. The lowest BCUT2D eigenvalue weighted by atomic mass is 9.98. The van der Waals surface area contributed by atoms with Crippen LogP contribution in [0, 0.1) is 17.5 Å². The maximum absolute atomic E-state index is 13.3. The summed E-state index contributed by atoms with van der Waals surface area (Å²) in [6, 6.07) is 8.00. The van der Waals surface area contributed by atoms with Crippen LogP contribution in [0.3, 0.4) is 0 Å². The predicted octanol–water partition coefficient (Wildman–Crippen LogP) is 3.94. The maximum Gasteiger partial charge on any atom is 0.194 e. The molecule has 1 atom stereocenters. The van der Waals surface area contributed by atoms with Crippen molar-refractivity contribution in [3.8, 4) is 5.75 Å². The monoisotopic (exact) mass is 295 g/mol. The molecule has 0 radical (unpaired) electrons. The molecule has 0 spiro atoms. The quantitative estimate of drug-likeness (QED) is 0.848. The van der Waals surface area contributed by atoms with E-state index in [-0.39, 0.29) is 5.56 Å². The molecule has 0 aliphatic heterocycles. The Kier molecular flexibility index (Phi) is 4.85. The van der Waals surface area contributed by atoms with Crippen molar-refractivity contribution in [2.45, 2.75) is 19.4 Å². The van der Waals surface area contributed by atoms with E-state index in [1.54, 1.807) is 24.3 Å². The number of ether oxygens (including phenoxy) is 1. The summed E-state index contributed by atoms with van der Waals surface area (Å²) >= 11 is 0. The zero-order valence-corrected chi connectivity index (χ0v) is 11.6. The van der Waals surface area contributed by atoms with Gasteiger partial charge in [-0.05, 0) is 30.2 Å². The van der Waals surface area contributed by atoms with Crippen molar-refractivity contribution in [2.75, 3.05) is 6.61 Å². The van der Waals surface area contributed by atoms with E-state index >= 15 is 0 Å². The third kappa shape index (κ3) is 3.36. The van der Waals surface area contributed by atoms with Crippen LogP contribution in [0.4, 0.5) is 13.2 Å². The maximum atomic E-state index is 13.3. The second-order valence-electron chi connectivity index (χ2n) is 4.66. The van der Waals surface area contributed by atoms with Crippen LogP contribution in [0.1, 0.15) is 30.5 Å². The number of hydrogen-bond acceptors (Lipinski definition) is 2. The van der Waals surface area contributed by atoms with Gasteiger partial charge in [-0.15, -0.1) is 0 Å². The molecule has 21 heavy (non-hydrogen) atoms. The van der Waals surface area contributed by atoms with Crippen LogP contribution in [0.25, 0.3) is 0 Å². The molecule has 0 bridgehead atoms. The number of benzene rings is 2. The molecule has 0 saturated carbocycles. The molecule has 1 unspecified atom stereocenters. The van der Waals surface area contributed by atoms with Gasteiger partial charge in [0, 0.05) is 5.56 Å². The fraction of sp³-hybridized carbons (Fsp3) is 0.250. The van der Waals surface area contributed by atoms with Gasteiger partial charge in [0.1, 0.15) is 5.75 Å². The van der Waals surface area contributed by atoms with Crippen LogP contribution in [-0.4, -0.2) is 6.61 Å². The van der Waals surface area contributed by atoms with E-state index in [2.05, 4.69) is 0 Å². The second-order valence-corrected chi connectivity index (χ2v) is 4.66. The first kappa shape index (κ1) is 15.4. The van der Waals surface area contributed by atoms with Crippen molar-refractivity contribution in [2.24, 2.45) is 5.73 Å². The molecule has 0 aromatic heterocycles. The highest BCUT2D eigenvalue weighted by Crippen LogP contribution is 2.29. The second kappa shape index (κ2) is 6.63. The number of para-hydroxylation sites is 1. The molecule has 0 heterocycles. The minimum Gasteiger partial charge on any atom is -0.493 e. The highest BCUT2D eigenvalue weighted by Gasteiger charge is 2.18. The molecule has 0 aliphatic rings. The topological polar surface area (TPSA) is 35.2 Å². The van der Waals surface area contributed by atoms with E-state index in [1.807, 2.05) is 6.92 Å². The van der Waals surface area contributed by atoms with Crippen LogP contribution in [0.5, 0.6) is 5.75 Å². The van der Waals surface area contributed by atoms with E-state index in [0.29, 0.717) is 17.9 Å². The molecule has 2 aromatic carbocycles. The highest BCUT2D eigenvalue weighted by molar-refractivity contribution is 5.41. The molecule has 5 heteroatoms. The molecule has 0 fully saturated rings. The third-order valence-corrected chi connectivity index (χ3v) is 3.08. The molecular weight excluding hydrogens is 279 g/mol. The molecule has 0 aliphatic carbocycles. The lowest BCUT2D eigenvalue weighted by molar-refractivity contribution is 0.313. The van der Waals surface area contributed by atoms with E-state index in [9.17, 15) is 13.2 Å². The fourth-order valence-electron chi connectivity index (χ4n) is 2.02. The molecule has 2 nitrogen and oxygen atoms in total. The summed E-state index contributed by atoms with van der Waals surface area (Å²) in [6.45, 7) is 2.48. The minimum absolute atomic E-state index is 0.152. The Morgan fingerprint density at radius 1 is 1.10 bits per heavy atom. The van der Waals surface area contributed by atoms with Gasteiger partial charge in [-0.2, -0.15) is 0 Å². The first-order chi connectivity index (χ1) is 10.0.